The second-order valence-electron chi connectivity index (χ2n) is 5.60. The van der Waals surface area contributed by atoms with E-state index in [0.29, 0.717) is 16.8 Å². The monoisotopic (exact) mass is 362 g/mol. The first kappa shape index (κ1) is 17.7. The van der Waals surface area contributed by atoms with E-state index >= 15 is 0 Å². The number of hydrogen-bond acceptors (Lipinski definition) is 6. The maximum atomic E-state index is 12.2. The Morgan fingerprint density at radius 1 is 1.22 bits per heavy atom. The summed E-state index contributed by atoms with van der Waals surface area (Å²) in [6, 6.07) is 15.1. The Kier molecular flexibility index (Phi) is 4.60. The van der Waals surface area contributed by atoms with Gasteiger partial charge in [0.2, 0.25) is 0 Å². The first-order valence-electron chi connectivity index (χ1n) is 7.81. The Hall–Kier alpha value is -4.12. The molecule has 8 heteroatoms. The molecule has 0 amide bonds. The Bertz CT molecular complexity index is 1080. The number of nitro benzene ring substituents is 1. The van der Waals surface area contributed by atoms with Gasteiger partial charge in [-0.25, -0.2) is 4.79 Å². The number of nitro groups is 1. The molecular formula is C19H14N4O4. The summed E-state index contributed by atoms with van der Waals surface area (Å²) in [6.45, 7) is 0. The van der Waals surface area contributed by atoms with Crippen LogP contribution in [0.2, 0.25) is 0 Å². The highest BCUT2D eigenvalue weighted by Gasteiger charge is 2.23. The van der Waals surface area contributed by atoms with Crippen molar-refractivity contribution in [2.45, 2.75) is 0 Å². The number of nitrogen functional groups attached to an aromatic ring is 1. The number of nitrogens with two attached hydrogens (primary N) is 1. The molecule has 0 radical (unpaired) electrons. The van der Waals surface area contributed by atoms with Crippen LogP contribution in [0.1, 0.15) is 16.1 Å². The first-order chi connectivity index (χ1) is 13.0. The summed E-state index contributed by atoms with van der Waals surface area (Å²) >= 11 is 0. The number of rotatable bonds is 4. The lowest BCUT2D eigenvalue weighted by Crippen LogP contribution is -2.11. The maximum Gasteiger partial charge on any atom is 0.357 e. The topological polar surface area (TPSA) is 124 Å². The van der Waals surface area contributed by atoms with Crippen molar-refractivity contribution >= 4 is 17.3 Å². The summed E-state index contributed by atoms with van der Waals surface area (Å²) in [7, 11) is 1.23. The van der Waals surface area contributed by atoms with Crippen molar-refractivity contribution in [3.8, 4) is 22.9 Å². The zero-order valence-electron chi connectivity index (χ0n) is 14.2. The van der Waals surface area contributed by atoms with Crippen molar-refractivity contribution in [3.05, 3.63) is 76.1 Å². The summed E-state index contributed by atoms with van der Waals surface area (Å²) < 4.78 is 6.30. The predicted octanol–water partition coefficient (Wildman–Crippen LogP) is 3.29. The van der Waals surface area contributed by atoms with Crippen LogP contribution in [0.4, 0.5) is 11.4 Å². The van der Waals surface area contributed by atoms with E-state index in [1.54, 1.807) is 36.4 Å². The molecule has 0 unspecified atom stereocenters. The summed E-state index contributed by atoms with van der Waals surface area (Å²) in [4.78, 5) is 22.6. The van der Waals surface area contributed by atoms with Gasteiger partial charge in [0, 0.05) is 23.9 Å². The van der Waals surface area contributed by atoms with E-state index in [-0.39, 0.29) is 22.6 Å². The van der Waals surface area contributed by atoms with Crippen molar-refractivity contribution in [1.29, 1.82) is 5.26 Å². The van der Waals surface area contributed by atoms with Crippen molar-refractivity contribution in [2.75, 3.05) is 12.8 Å². The molecule has 134 valence electrons. The fourth-order valence-electron chi connectivity index (χ4n) is 2.80. The summed E-state index contributed by atoms with van der Waals surface area (Å²) in [5.41, 5.74) is 8.14. The molecule has 0 bridgehead atoms. The number of nitrogens with zero attached hydrogens (tertiary/aromatic N) is 3. The molecule has 0 atom stereocenters. The number of carbonyl (C=O) groups is 1. The molecule has 0 saturated heterocycles. The van der Waals surface area contributed by atoms with Crippen LogP contribution in [-0.4, -0.2) is 22.6 Å². The van der Waals surface area contributed by atoms with Crippen molar-refractivity contribution in [3.63, 3.8) is 0 Å². The molecule has 0 aliphatic carbocycles. The van der Waals surface area contributed by atoms with Gasteiger partial charge in [-0.1, -0.05) is 18.2 Å². The molecule has 0 aliphatic rings. The lowest BCUT2D eigenvalue weighted by atomic mass is 10.0. The average molecular weight is 362 g/mol. The Labute approximate surface area is 154 Å². The van der Waals surface area contributed by atoms with Crippen LogP contribution >= 0.6 is 0 Å². The van der Waals surface area contributed by atoms with Gasteiger partial charge in [-0.3, -0.25) is 10.1 Å². The zero-order chi connectivity index (χ0) is 19.6. The minimum absolute atomic E-state index is 0.0246. The molecular weight excluding hydrogens is 348 g/mol. The Balaban J connectivity index is 2.22. The van der Waals surface area contributed by atoms with E-state index in [1.165, 1.54) is 30.0 Å². The average Bonchev–Trinajstić information content (AvgIpc) is 3.03. The SMILES string of the molecule is COC(=O)c1c(N)c(C#N)cn1-c1ccccc1-c1ccc([N+](=O)[O-])cc1. The molecule has 1 heterocycles. The maximum absolute atomic E-state index is 12.2. The van der Waals surface area contributed by atoms with Crippen molar-refractivity contribution < 1.29 is 14.5 Å². The third kappa shape index (κ3) is 3.09. The van der Waals surface area contributed by atoms with E-state index in [4.69, 9.17) is 10.5 Å². The quantitative estimate of drug-likeness (QED) is 0.431. The van der Waals surface area contributed by atoms with Gasteiger partial charge >= 0.3 is 5.97 Å². The van der Waals surface area contributed by atoms with Gasteiger partial charge in [0.05, 0.1) is 29.0 Å². The van der Waals surface area contributed by atoms with Crippen LogP contribution in [0.3, 0.4) is 0 Å². The molecule has 8 nitrogen and oxygen atoms in total. The standard InChI is InChI=1S/C19H14N4O4/c1-27-19(24)18-17(21)13(10-20)11-22(18)16-5-3-2-4-15(16)12-6-8-14(9-7-12)23(25)26/h2-9,11H,21H2,1H3. The summed E-state index contributed by atoms with van der Waals surface area (Å²) in [5.74, 6) is -0.674. The highest BCUT2D eigenvalue weighted by atomic mass is 16.6. The van der Waals surface area contributed by atoms with Crippen LogP contribution in [0.25, 0.3) is 16.8 Å². The van der Waals surface area contributed by atoms with Gasteiger partial charge in [-0.05, 0) is 23.8 Å². The molecule has 3 aromatic rings. The number of methoxy groups -OCH3 is 1. The summed E-state index contributed by atoms with van der Waals surface area (Å²) in [5, 5.41) is 20.1. The smallest absolute Gasteiger partial charge is 0.357 e. The molecule has 1 aromatic heterocycles. The number of non-ortho nitro benzene ring substituents is 1. The number of esters is 1. The molecule has 2 N–H and O–H groups in total. The fraction of sp³-hybridized carbons (Fsp3) is 0.0526. The van der Waals surface area contributed by atoms with Crippen molar-refractivity contribution in [2.24, 2.45) is 0 Å². The van der Waals surface area contributed by atoms with E-state index < -0.39 is 10.9 Å². The highest BCUT2D eigenvalue weighted by molar-refractivity contribution is 5.96. The predicted molar refractivity (Wildman–Crippen MR) is 98.3 cm³/mol. The number of benzene rings is 2. The first-order valence-corrected chi connectivity index (χ1v) is 7.81. The number of ether oxygens (including phenoxy) is 1. The third-order valence-electron chi connectivity index (χ3n) is 4.10. The number of carbonyl (C=O) groups excluding carboxylic acids is 1. The Morgan fingerprint density at radius 3 is 2.48 bits per heavy atom. The van der Waals surface area contributed by atoms with Crippen molar-refractivity contribution in [1.82, 2.24) is 4.57 Å². The van der Waals surface area contributed by atoms with Gasteiger partial charge in [-0.15, -0.1) is 0 Å². The normalized spacial score (nSPS) is 10.2. The highest BCUT2D eigenvalue weighted by Crippen LogP contribution is 2.32. The Morgan fingerprint density at radius 2 is 1.89 bits per heavy atom. The van der Waals surface area contributed by atoms with E-state index in [0.717, 1.165) is 0 Å². The number of hydrogen-bond donors (Lipinski definition) is 1. The molecule has 0 saturated carbocycles. The number of para-hydroxylation sites is 1. The minimum Gasteiger partial charge on any atom is -0.464 e. The molecule has 0 spiro atoms. The van der Waals surface area contributed by atoms with Crippen LogP contribution in [0.15, 0.2) is 54.7 Å². The van der Waals surface area contributed by atoms with Crippen LogP contribution in [0, 0.1) is 21.4 Å². The van der Waals surface area contributed by atoms with Crippen LogP contribution in [0.5, 0.6) is 0 Å². The summed E-state index contributed by atoms with van der Waals surface area (Å²) in [6.07, 6.45) is 1.46. The number of anilines is 1. The van der Waals surface area contributed by atoms with Gasteiger partial charge in [0.15, 0.2) is 5.69 Å². The molecule has 3 rings (SSSR count). The van der Waals surface area contributed by atoms with Gasteiger partial charge in [-0.2, -0.15) is 5.26 Å². The second kappa shape index (κ2) is 7.01. The van der Waals surface area contributed by atoms with Gasteiger partial charge < -0.3 is 15.0 Å². The lowest BCUT2D eigenvalue weighted by Gasteiger charge is -2.13. The second-order valence-corrected chi connectivity index (χ2v) is 5.60. The number of nitriles is 1. The van der Waals surface area contributed by atoms with E-state index in [2.05, 4.69) is 0 Å². The van der Waals surface area contributed by atoms with Crippen LogP contribution < -0.4 is 5.73 Å². The molecule has 0 fully saturated rings. The largest absolute Gasteiger partial charge is 0.464 e. The van der Waals surface area contributed by atoms with Crippen LogP contribution in [-0.2, 0) is 4.74 Å². The van der Waals surface area contributed by atoms with Gasteiger partial charge in [0.1, 0.15) is 6.07 Å². The minimum atomic E-state index is -0.674. The zero-order valence-corrected chi connectivity index (χ0v) is 14.2. The van der Waals surface area contributed by atoms with Gasteiger partial charge in [0.25, 0.3) is 5.69 Å². The lowest BCUT2D eigenvalue weighted by molar-refractivity contribution is -0.384. The molecule has 0 aliphatic heterocycles. The van der Waals surface area contributed by atoms with E-state index in [9.17, 15) is 20.2 Å². The third-order valence-corrected chi connectivity index (χ3v) is 4.10. The molecule has 27 heavy (non-hydrogen) atoms. The fourth-order valence-corrected chi connectivity index (χ4v) is 2.80. The number of aromatic nitrogens is 1. The molecule has 2 aromatic carbocycles. The van der Waals surface area contributed by atoms with E-state index in [1.807, 2.05) is 6.07 Å².